The lowest BCUT2D eigenvalue weighted by molar-refractivity contribution is 0.404. The van der Waals surface area contributed by atoms with Gasteiger partial charge in [0.25, 0.3) is 0 Å². The molecule has 1 heterocycles. The predicted molar refractivity (Wildman–Crippen MR) is 85.8 cm³/mol. The Hall–Kier alpha value is -1.81. The highest BCUT2D eigenvalue weighted by atomic mass is 16.5. The molecule has 2 rings (SSSR count). The summed E-state index contributed by atoms with van der Waals surface area (Å²) in [5.41, 5.74) is 2.48. The van der Waals surface area contributed by atoms with Gasteiger partial charge in [-0.1, -0.05) is 44.2 Å². The predicted octanol–water partition coefficient (Wildman–Crippen LogP) is 2.75. The van der Waals surface area contributed by atoms with Crippen LogP contribution in [0.25, 0.3) is 0 Å². The molecule has 0 fully saturated rings. The second kappa shape index (κ2) is 7.27. The van der Waals surface area contributed by atoms with Crippen molar-refractivity contribution in [1.82, 2.24) is 15.1 Å². The third-order valence-electron chi connectivity index (χ3n) is 3.73. The van der Waals surface area contributed by atoms with Crippen LogP contribution in [0.15, 0.2) is 36.5 Å². The minimum atomic E-state index is 0.401. The zero-order valence-corrected chi connectivity index (χ0v) is 13.3. The smallest absolute Gasteiger partial charge is 0.159 e. The lowest BCUT2D eigenvalue weighted by Crippen LogP contribution is -2.29. The molecule has 0 aliphatic heterocycles. The monoisotopic (exact) mass is 287 g/mol. The minimum absolute atomic E-state index is 0.401. The van der Waals surface area contributed by atoms with Gasteiger partial charge in [-0.3, -0.25) is 4.68 Å². The number of methoxy groups -OCH3 is 1. The first kappa shape index (κ1) is 15.6. The molecule has 4 heteroatoms. The van der Waals surface area contributed by atoms with Gasteiger partial charge in [0.1, 0.15) is 0 Å². The molecule has 1 unspecified atom stereocenters. The molecule has 0 saturated carbocycles. The Bertz CT molecular complexity index is 548. The number of hydrogen-bond acceptors (Lipinski definition) is 3. The van der Waals surface area contributed by atoms with Crippen LogP contribution in [0.5, 0.6) is 5.75 Å². The SMILES string of the molecule is COc1cnn(C)c1CC(CNC(C)C)c1ccccc1. The van der Waals surface area contributed by atoms with E-state index < -0.39 is 0 Å². The van der Waals surface area contributed by atoms with Crippen LogP contribution in [0.4, 0.5) is 0 Å². The van der Waals surface area contributed by atoms with E-state index >= 15 is 0 Å². The van der Waals surface area contributed by atoms with Crippen LogP contribution in [0.2, 0.25) is 0 Å². The maximum absolute atomic E-state index is 5.42. The molecule has 0 aliphatic rings. The first-order valence-electron chi connectivity index (χ1n) is 7.45. The summed E-state index contributed by atoms with van der Waals surface area (Å²) >= 11 is 0. The van der Waals surface area contributed by atoms with E-state index in [2.05, 4.69) is 54.6 Å². The molecule has 2 aromatic rings. The molecule has 0 saturated heterocycles. The second-order valence-electron chi connectivity index (χ2n) is 5.66. The fourth-order valence-corrected chi connectivity index (χ4v) is 2.49. The van der Waals surface area contributed by atoms with Crippen molar-refractivity contribution < 1.29 is 4.74 Å². The fourth-order valence-electron chi connectivity index (χ4n) is 2.49. The van der Waals surface area contributed by atoms with Crippen molar-refractivity contribution in [3.8, 4) is 5.75 Å². The summed E-state index contributed by atoms with van der Waals surface area (Å²) in [6, 6.07) is 11.1. The number of hydrogen-bond donors (Lipinski definition) is 1. The maximum atomic E-state index is 5.42. The standard InChI is InChI=1S/C17H25N3O/c1-13(2)18-11-15(14-8-6-5-7-9-14)10-16-17(21-4)12-19-20(16)3/h5-9,12-13,15,18H,10-11H2,1-4H3. The molecule has 0 aliphatic carbocycles. The number of rotatable bonds is 7. The Morgan fingerprint density at radius 2 is 1.95 bits per heavy atom. The van der Waals surface area contributed by atoms with E-state index in [1.807, 2.05) is 11.7 Å². The Morgan fingerprint density at radius 1 is 1.24 bits per heavy atom. The number of nitrogens with one attached hydrogen (secondary N) is 1. The number of ether oxygens (including phenoxy) is 1. The van der Waals surface area contributed by atoms with Gasteiger partial charge in [0, 0.05) is 32.0 Å². The van der Waals surface area contributed by atoms with Crippen molar-refractivity contribution >= 4 is 0 Å². The highest BCUT2D eigenvalue weighted by Gasteiger charge is 2.18. The summed E-state index contributed by atoms with van der Waals surface area (Å²) in [5, 5.41) is 7.84. The molecular formula is C17H25N3O. The molecule has 21 heavy (non-hydrogen) atoms. The van der Waals surface area contributed by atoms with E-state index in [1.165, 1.54) is 5.56 Å². The van der Waals surface area contributed by atoms with Crippen molar-refractivity contribution in [3.05, 3.63) is 47.8 Å². The normalized spacial score (nSPS) is 12.6. The van der Waals surface area contributed by atoms with Crippen LogP contribution >= 0.6 is 0 Å². The van der Waals surface area contributed by atoms with Crippen molar-refractivity contribution in [2.24, 2.45) is 7.05 Å². The van der Waals surface area contributed by atoms with Gasteiger partial charge >= 0.3 is 0 Å². The maximum Gasteiger partial charge on any atom is 0.159 e. The number of nitrogens with zero attached hydrogens (tertiary/aromatic N) is 2. The van der Waals surface area contributed by atoms with E-state index in [9.17, 15) is 0 Å². The summed E-state index contributed by atoms with van der Waals surface area (Å²) in [6.07, 6.45) is 2.69. The highest BCUT2D eigenvalue weighted by molar-refractivity contribution is 5.29. The van der Waals surface area contributed by atoms with Gasteiger partial charge in [-0.05, 0) is 5.56 Å². The first-order chi connectivity index (χ1) is 10.1. The molecule has 114 valence electrons. The van der Waals surface area contributed by atoms with Gasteiger partial charge in [0.05, 0.1) is 19.0 Å². The minimum Gasteiger partial charge on any atom is -0.493 e. The third-order valence-corrected chi connectivity index (χ3v) is 3.73. The van der Waals surface area contributed by atoms with Crippen LogP contribution in [0.1, 0.15) is 31.0 Å². The topological polar surface area (TPSA) is 39.1 Å². The van der Waals surface area contributed by atoms with Crippen molar-refractivity contribution in [1.29, 1.82) is 0 Å². The number of aryl methyl sites for hydroxylation is 1. The molecule has 0 bridgehead atoms. The summed E-state index contributed by atoms with van der Waals surface area (Å²) in [4.78, 5) is 0. The Balaban J connectivity index is 2.21. The van der Waals surface area contributed by atoms with Crippen LogP contribution in [0, 0.1) is 0 Å². The van der Waals surface area contributed by atoms with E-state index in [-0.39, 0.29) is 0 Å². The molecule has 4 nitrogen and oxygen atoms in total. The quantitative estimate of drug-likeness (QED) is 0.851. The van der Waals surface area contributed by atoms with E-state index in [0.717, 1.165) is 24.4 Å². The molecule has 0 radical (unpaired) electrons. The number of benzene rings is 1. The average molecular weight is 287 g/mol. The average Bonchev–Trinajstić information content (AvgIpc) is 2.84. The van der Waals surface area contributed by atoms with Gasteiger partial charge in [0.15, 0.2) is 5.75 Å². The molecule has 1 aromatic heterocycles. The van der Waals surface area contributed by atoms with E-state index in [1.54, 1.807) is 13.3 Å². The van der Waals surface area contributed by atoms with Crippen LogP contribution < -0.4 is 10.1 Å². The molecule has 1 N–H and O–H groups in total. The van der Waals surface area contributed by atoms with Gasteiger partial charge in [-0.15, -0.1) is 0 Å². The molecule has 1 aromatic carbocycles. The first-order valence-corrected chi connectivity index (χ1v) is 7.45. The van der Waals surface area contributed by atoms with Gasteiger partial charge in [-0.25, -0.2) is 0 Å². The zero-order valence-electron chi connectivity index (χ0n) is 13.3. The van der Waals surface area contributed by atoms with E-state index in [0.29, 0.717) is 12.0 Å². The summed E-state index contributed by atoms with van der Waals surface area (Å²) in [5.74, 6) is 1.26. The zero-order chi connectivity index (χ0) is 15.2. The summed E-state index contributed by atoms with van der Waals surface area (Å²) < 4.78 is 7.33. The molecule has 1 atom stereocenters. The second-order valence-corrected chi connectivity index (χ2v) is 5.66. The van der Waals surface area contributed by atoms with E-state index in [4.69, 9.17) is 4.74 Å². The Labute approximate surface area is 127 Å². The largest absolute Gasteiger partial charge is 0.493 e. The highest BCUT2D eigenvalue weighted by Crippen LogP contribution is 2.25. The number of aromatic nitrogens is 2. The molecule has 0 amide bonds. The van der Waals surface area contributed by atoms with Crippen LogP contribution in [0.3, 0.4) is 0 Å². The lowest BCUT2D eigenvalue weighted by Gasteiger charge is -2.20. The Morgan fingerprint density at radius 3 is 2.57 bits per heavy atom. The Kier molecular flexibility index (Phi) is 5.39. The summed E-state index contributed by atoms with van der Waals surface area (Å²) in [7, 11) is 3.67. The van der Waals surface area contributed by atoms with Crippen molar-refractivity contribution in [2.75, 3.05) is 13.7 Å². The van der Waals surface area contributed by atoms with Crippen LogP contribution in [-0.2, 0) is 13.5 Å². The fraction of sp³-hybridized carbons (Fsp3) is 0.471. The third kappa shape index (κ3) is 4.08. The van der Waals surface area contributed by atoms with Gasteiger partial charge in [0.2, 0.25) is 0 Å². The van der Waals surface area contributed by atoms with Crippen LogP contribution in [-0.4, -0.2) is 29.5 Å². The van der Waals surface area contributed by atoms with Gasteiger partial charge in [-0.2, -0.15) is 5.10 Å². The molecule has 0 spiro atoms. The van der Waals surface area contributed by atoms with Crippen molar-refractivity contribution in [3.63, 3.8) is 0 Å². The lowest BCUT2D eigenvalue weighted by atomic mass is 9.93. The van der Waals surface area contributed by atoms with Crippen molar-refractivity contribution in [2.45, 2.75) is 32.2 Å². The molecular weight excluding hydrogens is 262 g/mol. The summed E-state index contributed by atoms with van der Waals surface area (Å²) in [6.45, 7) is 5.29. The van der Waals surface area contributed by atoms with Gasteiger partial charge < -0.3 is 10.1 Å².